The minimum Gasteiger partial charge on any atom is -0.461 e. The Labute approximate surface area is 104 Å². The number of rotatable bonds is 7. The zero-order chi connectivity index (χ0) is 11.8. The number of methoxy groups -OCH3 is 1. The molecule has 1 rings (SSSR count). The lowest BCUT2D eigenvalue weighted by Crippen LogP contribution is -2.11. The van der Waals surface area contributed by atoms with E-state index in [1.54, 1.807) is 7.11 Å². The highest BCUT2D eigenvalue weighted by Crippen LogP contribution is 2.15. The van der Waals surface area contributed by atoms with E-state index in [0.29, 0.717) is 26.4 Å². The highest BCUT2D eigenvalue weighted by molar-refractivity contribution is 6.33. The molecule has 0 saturated carbocycles. The Morgan fingerprint density at radius 1 is 1.06 bits per heavy atom. The number of nitrogens with zero attached hydrogens (tertiary/aromatic N) is 2. The molecule has 1 heterocycles. The second-order valence-electron chi connectivity index (χ2n) is 2.75. The molecule has 0 aliphatic heterocycles. The summed E-state index contributed by atoms with van der Waals surface area (Å²) >= 11 is 11.3. The summed E-state index contributed by atoms with van der Waals surface area (Å²) in [6.45, 7) is 1.84. The molecule has 0 radical (unpaired) electrons. The van der Waals surface area contributed by atoms with Gasteiger partial charge in [0.1, 0.15) is 16.9 Å². The van der Waals surface area contributed by atoms with Crippen molar-refractivity contribution in [3.63, 3.8) is 0 Å². The van der Waals surface area contributed by atoms with E-state index in [1.165, 1.54) is 6.07 Å². The third-order valence-corrected chi connectivity index (χ3v) is 1.92. The second-order valence-corrected chi connectivity index (χ2v) is 3.52. The lowest BCUT2D eigenvalue weighted by Gasteiger charge is -2.05. The first-order valence-corrected chi connectivity index (χ1v) is 5.37. The summed E-state index contributed by atoms with van der Waals surface area (Å²) in [7, 11) is 1.61. The molecule has 1 aromatic heterocycles. The van der Waals surface area contributed by atoms with Gasteiger partial charge in [-0.1, -0.05) is 23.2 Å². The van der Waals surface area contributed by atoms with Crippen molar-refractivity contribution in [3.05, 3.63) is 16.4 Å². The fourth-order valence-electron chi connectivity index (χ4n) is 0.871. The van der Waals surface area contributed by atoms with Gasteiger partial charge in [0.05, 0.1) is 19.8 Å². The molecule has 0 saturated heterocycles. The van der Waals surface area contributed by atoms with Gasteiger partial charge in [-0.3, -0.25) is 0 Å². The van der Waals surface area contributed by atoms with E-state index in [0.717, 1.165) is 0 Å². The molecule has 0 fully saturated rings. The Hall–Kier alpha value is -0.620. The minimum absolute atomic E-state index is 0.146. The smallest absolute Gasteiger partial charge is 0.319 e. The van der Waals surface area contributed by atoms with Gasteiger partial charge in [0.25, 0.3) is 0 Å². The topological polar surface area (TPSA) is 53.5 Å². The van der Waals surface area contributed by atoms with Crippen molar-refractivity contribution in [1.29, 1.82) is 0 Å². The van der Waals surface area contributed by atoms with Gasteiger partial charge in [-0.25, -0.2) is 0 Å². The first-order chi connectivity index (χ1) is 7.72. The predicted octanol–water partition coefficient (Wildman–Crippen LogP) is 1.83. The van der Waals surface area contributed by atoms with Crippen molar-refractivity contribution < 1.29 is 14.2 Å². The lowest BCUT2D eigenvalue weighted by molar-refractivity contribution is 0.0528. The second kappa shape index (κ2) is 7.62. The van der Waals surface area contributed by atoms with Crippen molar-refractivity contribution in [2.75, 3.05) is 33.5 Å². The van der Waals surface area contributed by atoms with Gasteiger partial charge in [0.15, 0.2) is 0 Å². The molecular weight excluding hydrogens is 255 g/mol. The highest BCUT2D eigenvalue weighted by atomic mass is 35.5. The molecule has 0 bridgehead atoms. The van der Waals surface area contributed by atoms with Gasteiger partial charge in [-0.2, -0.15) is 9.97 Å². The lowest BCUT2D eigenvalue weighted by atomic mass is 10.7. The van der Waals surface area contributed by atoms with Crippen LogP contribution in [0.25, 0.3) is 0 Å². The van der Waals surface area contributed by atoms with Gasteiger partial charge < -0.3 is 14.2 Å². The number of hydrogen-bond donors (Lipinski definition) is 0. The molecule has 0 spiro atoms. The number of ether oxygens (including phenoxy) is 3. The van der Waals surface area contributed by atoms with Crippen LogP contribution in [-0.2, 0) is 9.47 Å². The van der Waals surface area contributed by atoms with Crippen LogP contribution < -0.4 is 4.74 Å². The van der Waals surface area contributed by atoms with E-state index in [1.807, 2.05) is 0 Å². The molecule has 0 amide bonds. The summed E-state index contributed by atoms with van der Waals surface area (Å²) in [6, 6.07) is 1.58. The van der Waals surface area contributed by atoms with Crippen LogP contribution in [0.2, 0.25) is 10.3 Å². The van der Waals surface area contributed by atoms with E-state index in [9.17, 15) is 0 Å². The van der Waals surface area contributed by atoms with E-state index in [-0.39, 0.29) is 16.3 Å². The molecule has 0 aliphatic carbocycles. The normalized spacial score (nSPS) is 10.4. The Morgan fingerprint density at radius 2 is 1.69 bits per heavy atom. The fraction of sp³-hybridized carbons (Fsp3) is 0.556. The van der Waals surface area contributed by atoms with E-state index in [2.05, 4.69) is 9.97 Å². The Morgan fingerprint density at radius 3 is 2.31 bits per heavy atom. The van der Waals surface area contributed by atoms with E-state index >= 15 is 0 Å². The van der Waals surface area contributed by atoms with Crippen molar-refractivity contribution in [2.24, 2.45) is 0 Å². The quantitative estimate of drug-likeness (QED) is 0.557. The SMILES string of the molecule is COCCOCCOc1nc(Cl)cc(Cl)n1. The third-order valence-electron chi connectivity index (χ3n) is 1.53. The average Bonchev–Trinajstić information content (AvgIpc) is 2.22. The van der Waals surface area contributed by atoms with Gasteiger partial charge >= 0.3 is 6.01 Å². The molecular formula is C9H12Cl2N2O3. The van der Waals surface area contributed by atoms with Crippen molar-refractivity contribution in [2.45, 2.75) is 0 Å². The highest BCUT2D eigenvalue weighted by Gasteiger charge is 2.02. The van der Waals surface area contributed by atoms with Crippen LogP contribution in [-0.4, -0.2) is 43.5 Å². The third kappa shape index (κ3) is 5.46. The maximum absolute atomic E-state index is 5.67. The van der Waals surface area contributed by atoms with Crippen LogP contribution >= 0.6 is 23.2 Å². The summed E-state index contributed by atoms with van der Waals surface area (Å²) in [5, 5.41) is 0.491. The molecule has 0 unspecified atom stereocenters. The Balaban J connectivity index is 2.21. The van der Waals surface area contributed by atoms with E-state index < -0.39 is 0 Å². The van der Waals surface area contributed by atoms with E-state index in [4.69, 9.17) is 37.4 Å². The van der Waals surface area contributed by atoms with Crippen molar-refractivity contribution in [1.82, 2.24) is 9.97 Å². The summed E-state index contributed by atoms with van der Waals surface area (Å²) < 4.78 is 15.2. The molecule has 0 aliphatic rings. The van der Waals surface area contributed by atoms with Crippen molar-refractivity contribution in [3.8, 4) is 6.01 Å². The van der Waals surface area contributed by atoms with Gasteiger partial charge in [-0.05, 0) is 0 Å². The van der Waals surface area contributed by atoms with Gasteiger partial charge in [0, 0.05) is 13.2 Å². The largest absolute Gasteiger partial charge is 0.461 e. The Kier molecular flexibility index (Phi) is 6.40. The van der Waals surface area contributed by atoms with Gasteiger partial charge in [0.2, 0.25) is 0 Å². The molecule has 5 nitrogen and oxygen atoms in total. The van der Waals surface area contributed by atoms with Crippen LogP contribution in [0.1, 0.15) is 0 Å². The minimum atomic E-state index is 0.146. The molecule has 16 heavy (non-hydrogen) atoms. The molecule has 1 aromatic rings. The number of aromatic nitrogens is 2. The first-order valence-electron chi connectivity index (χ1n) is 4.62. The molecule has 0 aromatic carbocycles. The average molecular weight is 267 g/mol. The molecule has 0 atom stereocenters. The van der Waals surface area contributed by atoms with Crippen molar-refractivity contribution >= 4 is 23.2 Å². The zero-order valence-electron chi connectivity index (χ0n) is 8.78. The summed E-state index contributed by atoms with van der Waals surface area (Å²) in [6.07, 6.45) is 0. The number of hydrogen-bond acceptors (Lipinski definition) is 5. The van der Waals surface area contributed by atoms with Crippen LogP contribution in [0.3, 0.4) is 0 Å². The van der Waals surface area contributed by atoms with Crippen LogP contribution in [0.15, 0.2) is 6.07 Å². The fourth-order valence-corrected chi connectivity index (χ4v) is 1.28. The van der Waals surface area contributed by atoms with Crippen LogP contribution in [0, 0.1) is 0 Å². The molecule has 0 N–H and O–H groups in total. The number of halogens is 2. The maximum atomic E-state index is 5.67. The van der Waals surface area contributed by atoms with Crippen LogP contribution in [0.4, 0.5) is 0 Å². The molecule has 90 valence electrons. The first kappa shape index (κ1) is 13.4. The summed E-state index contributed by atoms with van der Waals surface area (Å²) in [4.78, 5) is 7.67. The standard InChI is InChI=1S/C9H12Cl2N2O3/c1-14-2-3-15-4-5-16-9-12-7(10)6-8(11)13-9/h6H,2-5H2,1H3. The Bertz CT molecular complexity index is 305. The zero-order valence-corrected chi connectivity index (χ0v) is 10.3. The predicted molar refractivity (Wildman–Crippen MR) is 60.2 cm³/mol. The van der Waals surface area contributed by atoms with Gasteiger partial charge in [-0.15, -0.1) is 0 Å². The van der Waals surface area contributed by atoms with Crippen LogP contribution in [0.5, 0.6) is 6.01 Å². The monoisotopic (exact) mass is 266 g/mol. The summed E-state index contributed by atoms with van der Waals surface area (Å²) in [5.74, 6) is 0. The molecule has 7 heteroatoms. The summed E-state index contributed by atoms with van der Waals surface area (Å²) in [5.41, 5.74) is 0. The maximum Gasteiger partial charge on any atom is 0.319 e.